The molecule has 98 valence electrons. The standard InChI is InChI=1S/C13H17BrN2O2/c1-8-7-18-4-3-16(8)13(17)11-5-10(14)6-12(15)9(11)2/h5-6,8H,3-4,7,15H2,1-2H3. The van der Waals surface area contributed by atoms with Crippen molar-refractivity contribution in [2.24, 2.45) is 0 Å². The van der Waals surface area contributed by atoms with Crippen LogP contribution in [-0.4, -0.2) is 36.6 Å². The van der Waals surface area contributed by atoms with Crippen LogP contribution in [0, 0.1) is 6.92 Å². The number of nitrogens with zero attached hydrogens (tertiary/aromatic N) is 1. The lowest BCUT2D eigenvalue weighted by Gasteiger charge is -2.33. The molecule has 1 unspecified atom stereocenters. The molecule has 1 aliphatic heterocycles. The maximum atomic E-state index is 12.5. The average molecular weight is 313 g/mol. The molecule has 18 heavy (non-hydrogen) atoms. The second-order valence-corrected chi connectivity index (χ2v) is 5.51. The summed E-state index contributed by atoms with van der Waals surface area (Å²) >= 11 is 3.38. The summed E-state index contributed by atoms with van der Waals surface area (Å²) in [5.74, 6) is 0.0244. The fraction of sp³-hybridized carbons (Fsp3) is 0.462. The number of halogens is 1. The van der Waals surface area contributed by atoms with Crippen molar-refractivity contribution in [3.63, 3.8) is 0 Å². The van der Waals surface area contributed by atoms with Crippen molar-refractivity contribution in [2.75, 3.05) is 25.5 Å². The van der Waals surface area contributed by atoms with Gasteiger partial charge in [-0.1, -0.05) is 15.9 Å². The van der Waals surface area contributed by atoms with Gasteiger partial charge in [0.25, 0.3) is 5.91 Å². The Morgan fingerprint density at radius 2 is 2.28 bits per heavy atom. The molecule has 1 aromatic rings. The summed E-state index contributed by atoms with van der Waals surface area (Å²) in [7, 11) is 0. The quantitative estimate of drug-likeness (QED) is 0.809. The lowest BCUT2D eigenvalue weighted by Crippen LogP contribution is -2.47. The van der Waals surface area contributed by atoms with Gasteiger partial charge in [-0.05, 0) is 31.5 Å². The molecule has 5 heteroatoms. The van der Waals surface area contributed by atoms with Crippen LogP contribution in [0.1, 0.15) is 22.8 Å². The number of morpholine rings is 1. The van der Waals surface area contributed by atoms with E-state index in [9.17, 15) is 4.79 Å². The molecule has 1 atom stereocenters. The zero-order chi connectivity index (χ0) is 13.3. The van der Waals surface area contributed by atoms with Crippen LogP contribution in [0.25, 0.3) is 0 Å². The Hall–Kier alpha value is -1.07. The second kappa shape index (κ2) is 5.28. The van der Waals surface area contributed by atoms with Crippen LogP contribution in [-0.2, 0) is 4.74 Å². The summed E-state index contributed by atoms with van der Waals surface area (Å²) in [6.07, 6.45) is 0. The first-order chi connectivity index (χ1) is 8.50. The molecule has 1 saturated heterocycles. The van der Waals surface area contributed by atoms with Crippen LogP contribution in [0.15, 0.2) is 16.6 Å². The molecular formula is C13H17BrN2O2. The summed E-state index contributed by atoms with van der Waals surface area (Å²) in [6.45, 7) is 5.69. The molecule has 0 spiro atoms. The van der Waals surface area contributed by atoms with E-state index in [1.807, 2.05) is 30.9 Å². The minimum atomic E-state index is 0.0244. The van der Waals surface area contributed by atoms with Gasteiger partial charge in [0.15, 0.2) is 0 Å². The van der Waals surface area contributed by atoms with E-state index in [0.29, 0.717) is 31.0 Å². The minimum absolute atomic E-state index is 0.0244. The van der Waals surface area contributed by atoms with E-state index >= 15 is 0 Å². The third-order valence-electron chi connectivity index (χ3n) is 3.27. The van der Waals surface area contributed by atoms with Crippen LogP contribution >= 0.6 is 15.9 Å². The van der Waals surface area contributed by atoms with E-state index in [1.165, 1.54) is 0 Å². The normalized spacial score (nSPS) is 19.9. The van der Waals surface area contributed by atoms with Gasteiger partial charge in [0.05, 0.1) is 19.3 Å². The number of hydrogen-bond acceptors (Lipinski definition) is 3. The van der Waals surface area contributed by atoms with Crippen LogP contribution in [0.5, 0.6) is 0 Å². The van der Waals surface area contributed by atoms with Crippen molar-refractivity contribution in [2.45, 2.75) is 19.9 Å². The highest BCUT2D eigenvalue weighted by atomic mass is 79.9. The molecule has 2 rings (SSSR count). The van der Waals surface area contributed by atoms with Crippen molar-refractivity contribution in [1.82, 2.24) is 4.90 Å². The molecule has 0 bridgehead atoms. The number of nitrogens with two attached hydrogens (primary N) is 1. The van der Waals surface area contributed by atoms with E-state index in [1.54, 1.807) is 0 Å². The number of carbonyl (C=O) groups is 1. The van der Waals surface area contributed by atoms with Gasteiger partial charge in [-0.25, -0.2) is 0 Å². The van der Waals surface area contributed by atoms with Crippen molar-refractivity contribution < 1.29 is 9.53 Å². The van der Waals surface area contributed by atoms with Gasteiger partial charge in [0.2, 0.25) is 0 Å². The Kier molecular flexibility index (Phi) is 3.92. The molecular weight excluding hydrogens is 296 g/mol. The van der Waals surface area contributed by atoms with Crippen LogP contribution in [0.2, 0.25) is 0 Å². The Balaban J connectivity index is 2.33. The molecule has 0 saturated carbocycles. The fourth-order valence-electron chi connectivity index (χ4n) is 2.11. The van der Waals surface area contributed by atoms with Gasteiger partial charge in [-0.15, -0.1) is 0 Å². The van der Waals surface area contributed by atoms with E-state index in [4.69, 9.17) is 10.5 Å². The molecule has 0 aliphatic carbocycles. The third kappa shape index (κ3) is 2.52. The Bertz CT molecular complexity index is 476. The monoisotopic (exact) mass is 312 g/mol. The smallest absolute Gasteiger partial charge is 0.254 e. The highest BCUT2D eigenvalue weighted by Gasteiger charge is 2.26. The highest BCUT2D eigenvalue weighted by Crippen LogP contribution is 2.25. The maximum absolute atomic E-state index is 12.5. The molecule has 1 fully saturated rings. The molecule has 4 nitrogen and oxygen atoms in total. The first-order valence-electron chi connectivity index (χ1n) is 5.95. The molecule has 1 aromatic carbocycles. The van der Waals surface area contributed by atoms with Crippen LogP contribution in [0.3, 0.4) is 0 Å². The summed E-state index contributed by atoms with van der Waals surface area (Å²) < 4.78 is 6.18. The molecule has 1 amide bonds. The second-order valence-electron chi connectivity index (χ2n) is 4.59. The van der Waals surface area contributed by atoms with Gasteiger partial charge >= 0.3 is 0 Å². The number of rotatable bonds is 1. The number of ether oxygens (including phenoxy) is 1. The molecule has 0 aromatic heterocycles. The van der Waals surface area contributed by atoms with Crippen LogP contribution < -0.4 is 5.73 Å². The summed E-state index contributed by atoms with van der Waals surface area (Å²) in [6, 6.07) is 3.75. The number of benzene rings is 1. The third-order valence-corrected chi connectivity index (χ3v) is 3.73. The fourth-order valence-corrected chi connectivity index (χ4v) is 2.58. The SMILES string of the molecule is Cc1c(N)cc(Br)cc1C(=O)N1CCOCC1C. The number of nitrogen functional groups attached to an aromatic ring is 1. The molecule has 1 heterocycles. The van der Waals surface area contributed by atoms with E-state index in [2.05, 4.69) is 15.9 Å². The maximum Gasteiger partial charge on any atom is 0.254 e. The lowest BCUT2D eigenvalue weighted by atomic mass is 10.0. The highest BCUT2D eigenvalue weighted by molar-refractivity contribution is 9.10. The topological polar surface area (TPSA) is 55.6 Å². The number of carbonyl (C=O) groups excluding carboxylic acids is 1. The van der Waals surface area contributed by atoms with Gasteiger partial charge < -0.3 is 15.4 Å². The largest absolute Gasteiger partial charge is 0.398 e. The molecule has 0 radical (unpaired) electrons. The zero-order valence-electron chi connectivity index (χ0n) is 10.6. The first kappa shape index (κ1) is 13.4. The summed E-state index contributed by atoms with van der Waals surface area (Å²) in [5.41, 5.74) is 8.03. The number of amides is 1. The van der Waals surface area contributed by atoms with Crippen molar-refractivity contribution in [1.29, 1.82) is 0 Å². The number of hydrogen-bond donors (Lipinski definition) is 1. The zero-order valence-corrected chi connectivity index (χ0v) is 12.2. The predicted octanol–water partition coefficient (Wildman–Crippen LogP) is 2.20. The van der Waals surface area contributed by atoms with Crippen molar-refractivity contribution in [3.8, 4) is 0 Å². The number of anilines is 1. The average Bonchev–Trinajstić information content (AvgIpc) is 2.33. The Labute approximate surface area is 115 Å². The summed E-state index contributed by atoms with van der Waals surface area (Å²) in [4.78, 5) is 14.4. The lowest BCUT2D eigenvalue weighted by molar-refractivity contribution is 0.00355. The predicted molar refractivity (Wildman–Crippen MR) is 74.6 cm³/mol. The van der Waals surface area contributed by atoms with Gasteiger partial charge in [-0.2, -0.15) is 0 Å². The van der Waals surface area contributed by atoms with Crippen molar-refractivity contribution >= 4 is 27.5 Å². The van der Waals surface area contributed by atoms with E-state index in [0.717, 1.165) is 10.0 Å². The molecule has 2 N–H and O–H groups in total. The van der Waals surface area contributed by atoms with E-state index < -0.39 is 0 Å². The first-order valence-corrected chi connectivity index (χ1v) is 6.74. The van der Waals surface area contributed by atoms with Gasteiger partial charge in [-0.3, -0.25) is 4.79 Å². The van der Waals surface area contributed by atoms with Crippen LogP contribution in [0.4, 0.5) is 5.69 Å². The Morgan fingerprint density at radius 3 is 2.94 bits per heavy atom. The van der Waals surface area contributed by atoms with Gasteiger partial charge in [0.1, 0.15) is 0 Å². The Morgan fingerprint density at radius 1 is 1.56 bits per heavy atom. The van der Waals surface area contributed by atoms with Gasteiger partial charge in [0, 0.05) is 22.3 Å². The minimum Gasteiger partial charge on any atom is -0.398 e. The molecule has 1 aliphatic rings. The van der Waals surface area contributed by atoms with Crippen molar-refractivity contribution in [3.05, 3.63) is 27.7 Å². The van der Waals surface area contributed by atoms with E-state index in [-0.39, 0.29) is 11.9 Å². The summed E-state index contributed by atoms with van der Waals surface area (Å²) in [5, 5.41) is 0.